The quantitative estimate of drug-likeness (QED) is 0.905. The normalized spacial score (nSPS) is 21.0. The molecule has 7 heteroatoms. The van der Waals surface area contributed by atoms with E-state index in [4.69, 9.17) is 4.63 Å². The zero-order valence-electron chi connectivity index (χ0n) is 11.9. The molecule has 0 saturated carbocycles. The molecule has 1 saturated heterocycles. The predicted octanol–water partition coefficient (Wildman–Crippen LogP) is 1.57. The van der Waals surface area contributed by atoms with Crippen molar-refractivity contribution in [2.75, 3.05) is 6.54 Å². The Morgan fingerprint density at radius 3 is 3.05 bits per heavy atom. The van der Waals surface area contributed by atoms with Gasteiger partial charge in [0.15, 0.2) is 5.69 Å². The maximum atomic E-state index is 12.8. The second kappa shape index (κ2) is 4.68. The van der Waals surface area contributed by atoms with E-state index < -0.39 is 0 Å². The molecule has 1 aliphatic carbocycles. The van der Waals surface area contributed by atoms with Crippen LogP contribution in [-0.2, 0) is 12.8 Å². The summed E-state index contributed by atoms with van der Waals surface area (Å²) in [5.41, 5.74) is 4.33. The van der Waals surface area contributed by atoms with Gasteiger partial charge in [0, 0.05) is 17.8 Å². The van der Waals surface area contributed by atoms with Crippen molar-refractivity contribution < 1.29 is 9.42 Å². The standard InChI is InChI=1S/C14H17N5O2/c1-8-12(18-21-17-8)11-6-3-7-19(11)14(20)13-9-4-2-5-10(9)15-16-13/h11H,2-7H2,1H3,(H,15,16)/t11-/m0/s1. The molecule has 1 fully saturated rings. The average Bonchev–Trinajstić information content (AvgIpc) is 3.21. The van der Waals surface area contributed by atoms with E-state index >= 15 is 0 Å². The first-order valence-electron chi connectivity index (χ1n) is 7.42. The number of likely N-dealkylation sites (tertiary alicyclic amines) is 1. The van der Waals surface area contributed by atoms with Crippen LogP contribution in [0.15, 0.2) is 4.63 Å². The van der Waals surface area contributed by atoms with Crippen molar-refractivity contribution in [2.24, 2.45) is 0 Å². The third-order valence-electron chi connectivity index (χ3n) is 4.53. The van der Waals surface area contributed by atoms with Crippen LogP contribution in [0.5, 0.6) is 0 Å². The molecule has 21 heavy (non-hydrogen) atoms. The minimum atomic E-state index is -0.0440. The monoisotopic (exact) mass is 287 g/mol. The van der Waals surface area contributed by atoms with Crippen molar-refractivity contribution >= 4 is 5.91 Å². The Kier molecular flexibility index (Phi) is 2.80. The summed E-state index contributed by atoms with van der Waals surface area (Å²) < 4.78 is 4.79. The molecule has 3 heterocycles. The molecule has 2 aromatic rings. The summed E-state index contributed by atoms with van der Waals surface area (Å²) >= 11 is 0. The summed E-state index contributed by atoms with van der Waals surface area (Å²) in [6, 6.07) is -0.0440. The van der Waals surface area contributed by atoms with E-state index in [2.05, 4.69) is 20.5 Å². The van der Waals surface area contributed by atoms with Gasteiger partial charge in [-0.15, -0.1) is 0 Å². The second-order valence-corrected chi connectivity index (χ2v) is 5.77. The number of H-pyrrole nitrogens is 1. The summed E-state index contributed by atoms with van der Waals surface area (Å²) in [5, 5.41) is 15.1. The molecule has 0 unspecified atom stereocenters. The van der Waals surface area contributed by atoms with E-state index in [1.165, 1.54) is 0 Å². The van der Waals surface area contributed by atoms with Crippen molar-refractivity contribution in [1.29, 1.82) is 0 Å². The van der Waals surface area contributed by atoms with Crippen LogP contribution in [0, 0.1) is 6.92 Å². The lowest BCUT2D eigenvalue weighted by atomic mass is 10.1. The lowest BCUT2D eigenvalue weighted by Crippen LogP contribution is -2.32. The maximum absolute atomic E-state index is 12.8. The van der Waals surface area contributed by atoms with Crippen LogP contribution in [-0.4, -0.2) is 37.9 Å². The minimum Gasteiger partial charge on any atom is -0.328 e. The van der Waals surface area contributed by atoms with Gasteiger partial charge in [-0.3, -0.25) is 9.89 Å². The number of carbonyl (C=O) groups excluding carboxylic acids is 1. The van der Waals surface area contributed by atoms with Gasteiger partial charge in [-0.1, -0.05) is 10.3 Å². The SMILES string of the molecule is Cc1nonc1[C@@H]1CCCN1C(=O)c1n[nH]c2c1CCC2. The number of hydrogen-bond donors (Lipinski definition) is 1. The number of nitrogens with one attached hydrogen (secondary N) is 1. The fourth-order valence-corrected chi connectivity index (χ4v) is 3.47. The molecule has 2 aliphatic rings. The summed E-state index contributed by atoms with van der Waals surface area (Å²) in [6.45, 7) is 2.59. The van der Waals surface area contributed by atoms with Gasteiger partial charge < -0.3 is 4.90 Å². The smallest absolute Gasteiger partial charge is 0.275 e. The van der Waals surface area contributed by atoms with Crippen molar-refractivity contribution in [3.63, 3.8) is 0 Å². The first kappa shape index (κ1) is 12.6. The van der Waals surface area contributed by atoms with Crippen LogP contribution in [0.25, 0.3) is 0 Å². The molecular formula is C14H17N5O2. The summed E-state index contributed by atoms with van der Waals surface area (Å²) in [7, 11) is 0. The van der Waals surface area contributed by atoms with Gasteiger partial charge in [0.05, 0.1) is 6.04 Å². The molecule has 0 radical (unpaired) electrons. The highest BCUT2D eigenvalue weighted by atomic mass is 16.6. The molecule has 0 bridgehead atoms. The molecule has 1 aliphatic heterocycles. The second-order valence-electron chi connectivity index (χ2n) is 5.77. The van der Waals surface area contributed by atoms with E-state index in [1.807, 2.05) is 11.8 Å². The first-order valence-corrected chi connectivity index (χ1v) is 7.42. The van der Waals surface area contributed by atoms with Gasteiger partial charge in [-0.05, 0) is 39.0 Å². The van der Waals surface area contributed by atoms with Gasteiger partial charge in [-0.2, -0.15) is 5.10 Å². The summed E-state index contributed by atoms with van der Waals surface area (Å²) in [4.78, 5) is 14.7. The molecule has 1 amide bonds. The molecule has 1 N–H and O–H groups in total. The molecular weight excluding hydrogens is 270 g/mol. The number of aromatic amines is 1. The number of nitrogens with zero attached hydrogens (tertiary/aromatic N) is 4. The predicted molar refractivity (Wildman–Crippen MR) is 72.7 cm³/mol. The number of fused-ring (bicyclic) bond motifs is 1. The Hall–Kier alpha value is -2.18. The lowest BCUT2D eigenvalue weighted by molar-refractivity contribution is 0.0723. The van der Waals surface area contributed by atoms with Gasteiger partial charge in [0.1, 0.15) is 11.4 Å². The van der Waals surface area contributed by atoms with Crippen LogP contribution in [0.1, 0.15) is 58.4 Å². The maximum Gasteiger partial charge on any atom is 0.275 e. The summed E-state index contributed by atoms with van der Waals surface area (Å²) in [6.07, 6.45) is 4.89. The number of carbonyl (C=O) groups is 1. The Balaban J connectivity index is 1.65. The fraction of sp³-hybridized carbons (Fsp3) is 0.571. The molecule has 2 aromatic heterocycles. The van der Waals surface area contributed by atoms with Crippen molar-refractivity contribution in [3.8, 4) is 0 Å². The number of amides is 1. The number of hydrogen-bond acceptors (Lipinski definition) is 5. The van der Waals surface area contributed by atoms with Crippen molar-refractivity contribution in [3.05, 3.63) is 28.3 Å². The van der Waals surface area contributed by atoms with E-state index in [-0.39, 0.29) is 11.9 Å². The topological polar surface area (TPSA) is 87.9 Å². The van der Waals surface area contributed by atoms with Gasteiger partial charge >= 0.3 is 0 Å². The van der Waals surface area contributed by atoms with Crippen LogP contribution >= 0.6 is 0 Å². The van der Waals surface area contributed by atoms with E-state index in [0.717, 1.165) is 61.3 Å². The fourth-order valence-electron chi connectivity index (χ4n) is 3.47. The Morgan fingerprint density at radius 1 is 1.33 bits per heavy atom. The van der Waals surface area contributed by atoms with Gasteiger partial charge in [-0.25, -0.2) is 4.63 Å². The van der Waals surface area contributed by atoms with Crippen LogP contribution < -0.4 is 0 Å². The highest BCUT2D eigenvalue weighted by Crippen LogP contribution is 2.34. The third-order valence-corrected chi connectivity index (χ3v) is 4.53. The molecule has 0 spiro atoms. The highest BCUT2D eigenvalue weighted by molar-refractivity contribution is 5.94. The zero-order chi connectivity index (χ0) is 14.4. The lowest BCUT2D eigenvalue weighted by Gasteiger charge is -2.22. The van der Waals surface area contributed by atoms with Crippen molar-refractivity contribution in [1.82, 2.24) is 25.4 Å². The van der Waals surface area contributed by atoms with E-state index in [0.29, 0.717) is 5.69 Å². The Bertz CT molecular complexity index is 689. The molecule has 0 aromatic carbocycles. The van der Waals surface area contributed by atoms with Crippen LogP contribution in [0.2, 0.25) is 0 Å². The van der Waals surface area contributed by atoms with Crippen LogP contribution in [0.4, 0.5) is 0 Å². The van der Waals surface area contributed by atoms with E-state index in [9.17, 15) is 4.79 Å². The third kappa shape index (κ3) is 1.87. The van der Waals surface area contributed by atoms with Crippen molar-refractivity contribution in [2.45, 2.75) is 45.1 Å². The summed E-state index contributed by atoms with van der Waals surface area (Å²) in [5.74, 6) is -0.000648. The first-order chi connectivity index (χ1) is 10.3. The molecule has 7 nitrogen and oxygen atoms in total. The van der Waals surface area contributed by atoms with Gasteiger partial charge in [0.25, 0.3) is 5.91 Å². The minimum absolute atomic E-state index is 0.000648. The van der Waals surface area contributed by atoms with Crippen LogP contribution in [0.3, 0.4) is 0 Å². The van der Waals surface area contributed by atoms with E-state index in [1.54, 1.807) is 0 Å². The average molecular weight is 287 g/mol. The Morgan fingerprint density at radius 2 is 2.24 bits per heavy atom. The highest BCUT2D eigenvalue weighted by Gasteiger charge is 2.36. The Labute approximate surface area is 121 Å². The molecule has 1 atom stereocenters. The van der Waals surface area contributed by atoms with Gasteiger partial charge in [0.2, 0.25) is 0 Å². The molecule has 110 valence electrons. The number of aryl methyl sites for hydroxylation is 2. The zero-order valence-corrected chi connectivity index (χ0v) is 11.9. The number of aromatic nitrogens is 4. The molecule has 4 rings (SSSR count). The number of rotatable bonds is 2. The largest absolute Gasteiger partial charge is 0.328 e.